The molecular weight excluding hydrogens is 591 g/mol. The zero-order valence-electron chi connectivity index (χ0n) is 27.3. The van der Waals surface area contributed by atoms with E-state index in [2.05, 4.69) is 200 Å². The normalized spacial score (nSPS) is 11.4. The lowest BCUT2D eigenvalue weighted by Gasteiger charge is -2.10. The highest BCUT2D eigenvalue weighted by atomic mass is 14.9. The Bertz CT molecular complexity index is 2400. The van der Waals surface area contributed by atoms with Crippen LogP contribution in [-0.4, -0.2) is 0 Å². The average Bonchev–Trinajstić information content (AvgIpc) is 3.18. The lowest BCUT2D eigenvalue weighted by atomic mass is 9.95. The molecule has 49 heavy (non-hydrogen) atoms. The highest BCUT2D eigenvalue weighted by molar-refractivity contribution is 5.78. The molecule has 1 heteroatoms. The van der Waals surface area contributed by atoms with E-state index in [4.69, 9.17) is 0 Å². The van der Waals surface area contributed by atoms with Crippen molar-refractivity contribution in [3.63, 3.8) is 0 Å². The van der Waals surface area contributed by atoms with Crippen LogP contribution in [0.25, 0.3) is 89.1 Å². The van der Waals surface area contributed by atoms with Gasteiger partial charge in [0, 0.05) is 17.2 Å². The molecule has 0 atom stereocenters. The summed E-state index contributed by atoms with van der Waals surface area (Å²) in [6, 6.07) is 66.7. The molecule has 16 bridgehead atoms. The van der Waals surface area contributed by atoms with Gasteiger partial charge in [0.2, 0.25) is 5.69 Å². The van der Waals surface area contributed by atoms with Gasteiger partial charge in [-0.1, -0.05) is 158 Å². The largest absolute Gasteiger partial charge is 0.212 e. The molecule has 8 aromatic rings. The summed E-state index contributed by atoms with van der Waals surface area (Å²) in [5.74, 6) is 0. The molecule has 0 saturated heterocycles. The van der Waals surface area contributed by atoms with Crippen LogP contribution in [0.15, 0.2) is 188 Å². The molecule has 0 unspecified atom stereocenters. The van der Waals surface area contributed by atoms with E-state index in [-0.39, 0.29) is 0 Å². The van der Waals surface area contributed by atoms with Crippen molar-refractivity contribution in [2.45, 2.75) is 0 Å². The number of rotatable bonds is 0. The quantitative estimate of drug-likeness (QED) is 0.148. The van der Waals surface area contributed by atoms with Crippen molar-refractivity contribution in [2.24, 2.45) is 7.05 Å². The molecule has 7 aromatic carbocycles. The minimum atomic E-state index is 1.18. The lowest BCUT2D eigenvalue weighted by Crippen LogP contribution is -2.30. The number of hydrogen-bond donors (Lipinski definition) is 0. The number of nitrogens with zero attached hydrogens (tertiary/aromatic N) is 1. The van der Waals surface area contributed by atoms with E-state index in [9.17, 15) is 0 Å². The summed E-state index contributed by atoms with van der Waals surface area (Å²) < 4.78 is 2.22. The standard InChI is InChI=1S/C48H34N/c1-49-32-47-30-31-48(49)46-28-26-44(27-29-46)42-20-18-40(19-21-42)38-12-10-36(11-13-38)34-4-2-33(3-5-34)35-6-8-37(9-7-35)39-14-16-41(17-15-39)43-22-24-45(47)25-23-43/h2-32H,1H3/q+1. The van der Waals surface area contributed by atoms with Crippen molar-refractivity contribution in [3.8, 4) is 89.1 Å². The van der Waals surface area contributed by atoms with Gasteiger partial charge in [-0.25, -0.2) is 4.57 Å². The molecule has 0 radical (unpaired) electrons. The number of benzene rings is 7. The van der Waals surface area contributed by atoms with E-state index >= 15 is 0 Å². The number of hydrogen-bond acceptors (Lipinski definition) is 0. The van der Waals surface area contributed by atoms with Crippen LogP contribution in [0.4, 0.5) is 0 Å². The Hall–Kier alpha value is -6.31. The molecule has 11 aliphatic carbocycles. The van der Waals surface area contributed by atoms with Gasteiger partial charge in [-0.15, -0.1) is 0 Å². The summed E-state index contributed by atoms with van der Waals surface area (Å²) in [5, 5.41) is 0. The van der Waals surface area contributed by atoms with Gasteiger partial charge in [-0.3, -0.25) is 0 Å². The molecule has 1 nitrogen and oxygen atoms in total. The Kier molecular flexibility index (Phi) is 7.10. The van der Waals surface area contributed by atoms with Gasteiger partial charge in [-0.2, -0.15) is 0 Å². The predicted octanol–water partition coefficient (Wildman–Crippen LogP) is 12.2. The first-order valence-corrected chi connectivity index (χ1v) is 16.9. The smallest absolute Gasteiger partial charge is 0.200 e. The van der Waals surface area contributed by atoms with Crippen LogP contribution in [-0.2, 0) is 7.05 Å². The van der Waals surface area contributed by atoms with Crippen LogP contribution in [0, 0.1) is 0 Å². The summed E-state index contributed by atoms with van der Waals surface area (Å²) in [4.78, 5) is 0. The van der Waals surface area contributed by atoms with Crippen molar-refractivity contribution in [1.29, 1.82) is 0 Å². The van der Waals surface area contributed by atoms with Crippen LogP contribution in [0.5, 0.6) is 0 Å². The minimum Gasteiger partial charge on any atom is -0.200 e. The Morgan fingerprint density at radius 2 is 0.367 bits per heavy atom. The maximum atomic E-state index is 2.22. The third-order valence-electron chi connectivity index (χ3n) is 9.96. The van der Waals surface area contributed by atoms with Crippen LogP contribution < -0.4 is 4.57 Å². The van der Waals surface area contributed by atoms with Gasteiger partial charge in [-0.05, 0) is 90.5 Å². The highest BCUT2D eigenvalue weighted by Crippen LogP contribution is 2.32. The lowest BCUT2D eigenvalue weighted by molar-refractivity contribution is -0.659. The Morgan fingerprint density at radius 1 is 0.204 bits per heavy atom. The van der Waals surface area contributed by atoms with Crippen molar-refractivity contribution in [2.75, 3.05) is 0 Å². The molecule has 0 N–H and O–H groups in total. The van der Waals surface area contributed by atoms with Crippen LogP contribution in [0.2, 0.25) is 0 Å². The SMILES string of the molecule is C[n+]1cc2ccc1-c1ccc(cc1)-c1ccc(cc1)-c1ccc(cc1)-c1ccc(cc1)-c1ccc(cc1)-c1ccc(cc1)-c1ccc-2cc1. The predicted molar refractivity (Wildman–Crippen MR) is 205 cm³/mol. The van der Waals surface area contributed by atoms with E-state index in [1.165, 1.54) is 89.1 Å². The molecule has 0 spiro atoms. The van der Waals surface area contributed by atoms with Gasteiger partial charge in [0.15, 0.2) is 6.20 Å². The monoisotopic (exact) mass is 624 g/mol. The second-order valence-corrected chi connectivity index (χ2v) is 13.0. The number of pyridine rings is 1. The van der Waals surface area contributed by atoms with Gasteiger partial charge >= 0.3 is 0 Å². The fourth-order valence-electron chi connectivity index (χ4n) is 7.04. The van der Waals surface area contributed by atoms with Crippen LogP contribution in [0.1, 0.15) is 0 Å². The van der Waals surface area contributed by atoms with E-state index < -0.39 is 0 Å². The molecule has 0 saturated carbocycles. The molecular formula is C48H34N+. The Labute approximate surface area is 288 Å². The Balaban J connectivity index is 1.09. The third kappa shape index (κ3) is 5.56. The highest BCUT2D eigenvalue weighted by Gasteiger charge is 2.13. The van der Waals surface area contributed by atoms with E-state index in [0.717, 1.165) is 0 Å². The molecule has 12 heterocycles. The van der Waals surface area contributed by atoms with Crippen molar-refractivity contribution in [3.05, 3.63) is 188 Å². The first-order chi connectivity index (χ1) is 24.1. The second kappa shape index (κ2) is 12.0. The van der Waals surface area contributed by atoms with Crippen LogP contribution in [0.3, 0.4) is 0 Å². The fourth-order valence-corrected chi connectivity index (χ4v) is 7.04. The minimum absolute atomic E-state index is 1.18. The Morgan fingerprint density at radius 3 is 0.571 bits per heavy atom. The first-order valence-electron chi connectivity index (χ1n) is 16.9. The molecule has 230 valence electrons. The van der Waals surface area contributed by atoms with E-state index in [0.29, 0.717) is 0 Å². The molecule has 11 aliphatic heterocycles. The summed E-state index contributed by atoms with van der Waals surface area (Å²) in [5.41, 5.74) is 19.4. The van der Waals surface area contributed by atoms with Gasteiger partial charge in [0.05, 0.1) is 0 Å². The zero-order valence-corrected chi connectivity index (χ0v) is 27.3. The second-order valence-electron chi connectivity index (χ2n) is 13.0. The maximum Gasteiger partial charge on any atom is 0.212 e. The molecule has 0 fully saturated rings. The summed E-state index contributed by atoms with van der Waals surface area (Å²) in [6.07, 6.45) is 2.22. The maximum absolute atomic E-state index is 2.22. The van der Waals surface area contributed by atoms with E-state index in [1.807, 2.05) is 0 Å². The number of aromatic nitrogens is 1. The molecule has 1 aromatic heterocycles. The number of aryl methyl sites for hydroxylation is 1. The zero-order chi connectivity index (χ0) is 32.7. The summed E-state index contributed by atoms with van der Waals surface area (Å²) in [7, 11) is 2.13. The van der Waals surface area contributed by atoms with Crippen molar-refractivity contribution >= 4 is 0 Å². The van der Waals surface area contributed by atoms with Crippen LogP contribution >= 0.6 is 0 Å². The fraction of sp³-hybridized carbons (Fsp3) is 0.0208. The van der Waals surface area contributed by atoms with E-state index in [1.54, 1.807) is 0 Å². The van der Waals surface area contributed by atoms with Crippen molar-refractivity contribution < 1.29 is 4.57 Å². The molecule has 22 aliphatic rings. The summed E-state index contributed by atoms with van der Waals surface area (Å²) >= 11 is 0. The average molecular weight is 625 g/mol. The first kappa shape index (κ1) is 28.9. The molecule has 30 rings (SSSR count). The van der Waals surface area contributed by atoms with Gasteiger partial charge < -0.3 is 0 Å². The molecule has 0 amide bonds. The topological polar surface area (TPSA) is 3.88 Å². The van der Waals surface area contributed by atoms with Gasteiger partial charge in [0.25, 0.3) is 0 Å². The summed E-state index contributed by atoms with van der Waals surface area (Å²) in [6.45, 7) is 0. The third-order valence-corrected chi connectivity index (χ3v) is 9.96. The van der Waals surface area contributed by atoms with Gasteiger partial charge in [0.1, 0.15) is 7.05 Å². The van der Waals surface area contributed by atoms with Crippen molar-refractivity contribution in [1.82, 2.24) is 0 Å².